The average molecular weight is 199 g/mol. The Morgan fingerprint density at radius 2 is 2.00 bits per heavy atom. The average Bonchev–Trinajstić information content (AvgIpc) is 2.18. The van der Waals surface area contributed by atoms with Gasteiger partial charge in [-0.25, -0.2) is 0 Å². The van der Waals surface area contributed by atoms with Crippen LogP contribution in [-0.2, 0) is 4.74 Å². The molecule has 0 radical (unpaired) electrons. The molecular weight excluding hydrogens is 178 g/mol. The van der Waals surface area contributed by atoms with E-state index in [1.165, 1.54) is 12.8 Å². The SMILES string of the molecule is CC1COCC(C2CCCCC2O)N1. The fourth-order valence-corrected chi connectivity index (χ4v) is 2.69. The summed E-state index contributed by atoms with van der Waals surface area (Å²) in [5, 5.41) is 13.4. The monoisotopic (exact) mass is 199 g/mol. The summed E-state index contributed by atoms with van der Waals surface area (Å²) >= 11 is 0. The molecule has 1 heterocycles. The molecule has 2 N–H and O–H groups in total. The van der Waals surface area contributed by atoms with Gasteiger partial charge in [-0.2, -0.15) is 0 Å². The second-order valence-electron chi connectivity index (χ2n) is 4.73. The molecule has 1 aliphatic carbocycles. The minimum atomic E-state index is -0.116. The van der Waals surface area contributed by atoms with Gasteiger partial charge in [0, 0.05) is 18.0 Å². The summed E-state index contributed by atoms with van der Waals surface area (Å²) in [6.45, 7) is 3.72. The second-order valence-corrected chi connectivity index (χ2v) is 4.73. The molecule has 0 aromatic carbocycles. The van der Waals surface area contributed by atoms with E-state index in [0.717, 1.165) is 26.1 Å². The minimum Gasteiger partial charge on any atom is -0.393 e. The molecule has 1 aliphatic heterocycles. The number of morpholine rings is 1. The molecule has 0 aromatic rings. The van der Waals surface area contributed by atoms with E-state index in [4.69, 9.17) is 4.74 Å². The molecule has 1 saturated heterocycles. The highest BCUT2D eigenvalue weighted by molar-refractivity contribution is 4.88. The second kappa shape index (κ2) is 4.60. The quantitative estimate of drug-likeness (QED) is 0.659. The van der Waals surface area contributed by atoms with E-state index in [-0.39, 0.29) is 6.10 Å². The first-order chi connectivity index (χ1) is 6.77. The summed E-state index contributed by atoms with van der Waals surface area (Å²) in [7, 11) is 0. The van der Waals surface area contributed by atoms with Crippen molar-refractivity contribution < 1.29 is 9.84 Å². The van der Waals surface area contributed by atoms with Gasteiger partial charge in [-0.05, 0) is 19.8 Å². The Morgan fingerprint density at radius 3 is 2.71 bits per heavy atom. The number of aliphatic hydroxyl groups excluding tert-OH is 1. The van der Waals surface area contributed by atoms with Gasteiger partial charge >= 0.3 is 0 Å². The van der Waals surface area contributed by atoms with Crippen molar-refractivity contribution in [3.8, 4) is 0 Å². The summed E-state index contributed by atoms with van der Waals surface area (Å²) in [6, 6.07) is 0.803. The van der Waals surface area contributed by atoms with Crippen LogP contribution in [-0.4, -0.2) is 36.5 Å². The third kappa shape index (κ3) is 2.27. The van der Waals surface area contributed by atoms with Crippen molar-refractivity contribution in [2.45, 2.75) is 50.8 Å². The van der Waals surface area contributed by atoms with E-state index in [1.807, 2.05) is 0 Å². The molecule has 4 atom stereocenters. The molecule has 1 saturated carbocycles. The minimum absolute atomic E-state index is 0.116. The van der Waals surface area contributed by atoms with Crippen molar-refractivity contribution >= 4 is 0 Å². The molecule has 0 aromatic heterocycles. The highest BCUT2D eigenvalue weighted by atomic mass is 16.5. The molecule has 2 fully saturated rings. The number of aliphatic hydroxyl groups is 1. The number of hydrogen-bond donors (Lipinski definition) is 2. The third-order valence-electron chi connectivity index (χ3n) is 3.46. The molecule has 2 aliphatic rings. The van der Waals surface area contributed by atoms with E-state index in [2.05, 4.69) is 12.2 Å². The first kappa shape index (κ1) is 10.4. The van der Waals surface area contributed by atoms with Gasteiger partial charge in [0.15, 0.2) is 0 Å². The number of hydrogen-bond acceptors (Lipinski definition) is 3. The Labute approximate surface area is 85.8 Å². The van der Waals surface area contributed by atoms with Gasteiger partial charge in [-0.1, -0.05) is 12.8 Å². The van der Waals surface area contributed by atoms with Gasteiger partial charge in [0.05, 0.1) is 19.3 Å². The van der Waals surface area contributed by atoms with E-state index in [9.17, 15) is 5.11 Å². The number of ether oxygens (including phenoxy) is 1. The van der Waals surface area contributed by atoms with E-state index in [1.54, 1.807) is 0 Å². The Bertz CT molecular complexity index is 186. The summed E-state index contributed by atoms with van der Waals surface area (Å²) in [5.41, 5.74) is 0. The van der Waals surface area contributed by atoms with Crippen LogP contribution in [0.4, 0.5) is 0 Å². The fraction of sp³-hybridized carbons (Fsp3) is 1.00. The Balaban J connectivity index is 1.91. The number of rotatable bonds is 1. The van der Waals surface area contributed by atoms with Crippen LogP contribution < -0.4 is 5.32 Å². The van der Waals surface area contributed by atoms with Crippen LogP contribution in [0, 0.1) is 5.92 Å². The van der Waals surface area contributed by atoms with Gasteiger partial charge in [0.25, 0.3) is 0 Å². The Morgan fingerprint density at radius 1 is 1.21 bits per heavy atom. The molecule has 4 unspecified atom stereocenters. The Kier molecular flexibility index (Phi) is 3.42. The molecule has 14 heavy (non-hydrogen) atoms. The lowest BCUT2D eigenvalue weighted by Crippen LogP contribution is -2.54. The zero-order valence-electron chi connectivity index (χ0n) is 8.91. The predicted octanol–water partition coefficient (Wildman–Crippen LogP) is 0.914. The molecule has 3 nitrogen and oxygen atoms in total. The maximum absolute atomic E-state index is 9.91. The number of nitrogens with one attached hydrogen (secondary N) is 1. The molecule has 82 valence electrons. The normalized spacial score (nSPS) is 45.0. The van der Waals surface area contributed by atoms with E-state index < -0.39 is 0 Å². The van der Waals surface area contributed by atoms with Gasteiger partial charge in [0.1, 0.15) is 0 Å². The molecule has 0 spiro atoms. The van der Waals surface area contributed by atoms with Crippen molar-refractivity contribution in [3.63, 3.8) is 0 Å². The summed E-state index contributed by atoms with van der Waals surface area (Å²) in [6.07, 6.45) is 4.44. The van der Waals surface area contributed by atoms with Crippen LogP contribution in [0.2, 0.25) is 0 Å². The van der Waals surface area contributed by atoms with Crippen molar-refractivity contribution in [1.29, 1.82) is 0 Å². The topological polar surface area (TPSA) is 41.5 Å². The van der Waals surface area contributed by atoms with Crippen LogP contribution in [0.25, 0.3) is 0 Å². The molecule has 2 rings (SSSR count). The maximum Gasteiger partial charge on any atom is 0.0624 e. The van der Waals surface area contributed by atoms with Crippen LogP contribution in [0.5, 0.6) is 0 Å². The zero-order valence-corrected chi connectivity index (χ0v) is 8.91. The van der Waals surface area contributed by atoms with Crippen LogP contribution in [0.3, 0.4) is 0 Å². The third-order valence-corrected chi connectivity index (χ3v) is 3.46. The molecule has 0 amide bonds. The van der Waals surface area contributed by atoms with Crippen molar-refractivity contribution in [1.82, 2.24) is 5.32 Å². The van der Waals surface area contributed by atoms with Gasteiger partial charge < -0.3 is 15.2 Å². The first-order valence-corrected chi connectivity index (χ1v) is 5.79. The summed E-state index contributed by atoms with van der Waals surface area (Å²) in [5.74, 6) is 0.409. The van der Waals surface area contributed by atoms with E-state index >= 15 is 0 Å². The largest absolute Gasteiger partial charge is 0.393 e. The van der Waals surface area contributed by atoms with Gasteiger partial charge in [0.2, 0.25) is 0 Å². The smallest absolute Gasteiger partial charge is 0.0624 e. The summed E-state index contributed by atoms with van der Waals surface area (Å²) in [4.78, 5) is 0. The molecule has 3 heteroatoms. The lowest BCUT2D eigenvalue weighted by Gasteiger charge is -2.39. The van der Waals surface area contributed by atoms with Crippen LogP contribution in [0.15, 0.2) is 0 Å². The highest BCUT2D eigenvalue weighted by Gasteiger charge is 2.33. The van der Waals surface area contributed by atoms with Crippen LogP contribution >= 0.6 is 0 Å². The van der Waals surface area contributed by atoms with Gasteiger partial charge in [-0.15, -0.1) is 0 Å². The van der Waals surface area contributed by atoms with Crippen LogP contribution in [0.1, 0.15) is 32.6 Å². The molecule has 0 bridgehead atoms. The van der Waals surface area contributed by atoms with E-state index in [0.29, 0.717) is 18.0 Å². The maximum atomic E-state index is 9.91. The Hall–Kier alpha value is -0.120. The fourth-order valence-electron chi connectivity index (χ4n) is 2.69. The van der Waals surface area contributed by atoms with Crippen molar-refractivity contribution in [2.24, 2.45) is 5.92 Å². The first-order valence-electron chi connectivity index (χ1n) is 5.79. The molecular formula is C11H21NO2. The predicted molar refractivity (Wildman–Crippen MR) is 55.2 cm³/mol. The van der Waals surface area contributed by atoms with Crippen molar-refractivity contribution in [2.75, 3.05) is 13.2 Å². The highest BCUT2D eigenvalue weighted by Crippen LogP contribution is 2.28. The lowest BCUT2D eigenvalue weighted by molar-refractivity contribution is -0.0178. The zero-order chi connectivity index (χ0) is 9.97. The summed E-state index contributed by atoms with van der Waals surface area (Å²) < 4.78 is 5.52. The van der Waals surface area contributed by atoms with Gasteiger partial charge in [-0.3, -0.25) is 0 Å². The standard InChI is InChI=1S/C11H21NO2/c1-8-6-14-7-10(12-8)9-4-2-3-5-11(9)13/h8-13H,2-7H2,1H3. The lowest BCUT2D eigenvalue weighted by atomic mass is 9.81. The van der Waals surface area contributed by atoms with Crippen molar-refractivity contribution in [3.05, 3.63) is 0 Å².